The first kappa shape index (κ1) is 21.6. The Hall–Kier alpha value is -4.13. The molecule has 3 rings (SSSR count). The van der Waals surface area contributed by atoms with Crippen LogP contribution in [-0.4, -0.2) is 17.8 Å². The van der Waals surface area contributed by atoms with Crippen LogP contribution in [0.25, 0.3) is 0 Å². The molecule has 3 aromatic carbocycles. The van der Waals surface area contributed by atoms with Gasteiger partial charge in [-0.1, -0.05) is 54.6 Å². The van der Waals surface area contributed by atoms with E-state index in [-0.39, 0.29) is 24.3 Å². The molecule has 0 spiro atoms. The topological polar surface area (TPSA) is 99.3 Å². The highest BCUT2D eigenvalue weighted by Crippen LogP contribution is 2.20. The average molecular weight is 416 g/mol. The number of anilines is 3. The van der Waals surface area contributed by atoms with Crippen molar-refractivity contribution in [2.75, 3.05) is 16.0 Å². The highest BCUT2D eigenvalue weighted by Gasteiger charge is 2.17. The zero-order valence-corrected chi connectivity index (χ0v) is 17.1. The minimum absolute atomic E-state index is 0.0791. The smallest absolute Gasteiger partial charge is 0.323 e. The first-order valence-electron chi connectivity index (χ1n) is 9.84. The third-order valence-corrected chi connectivity index (χ3v) is 4.40. The number of amides is 4. The average Bonchev–Trinajstić information content (AvgIpc) is 2.74. The Morgan fingerprint density at radius 1 is 0.710 bits per heavy atom. The van der Waals surface area contributed by atoms with E-state index in [4.69, 9.17) is 0 Å². The number of benzene rings is 3. The molecule has 7 heteroatoms. The van der Waals surface area contributed by atoms with Gasteiger partial charge in [0.2, 0.25) is 11.8 Å². The lowest BCUT2D eigenvalue weighted by molar-refractivity contribution is -0.120. The van der Waals surface area contributed by atoms with E-state index in [2.05, 4.69) is 21.3 Å². The Morgan fingerprint density at radius 2 is 1.26 bits per heavy atom. The lowest BCUT2D eigenvalue weighted by atomic mass is 10.0. The quantitative estimate of drug-likeness (QED) is 0.455. The SMILES string of the molecule is CC(=O)NC(CC(=O)Nc1cccc(NC(=O)Nc2ccccc2)c1)c1ccccc1. The van der Waals surface area contributed by atoms with E-state index >= 15 is 0 Å². The highest BCUT2D eigenvalue weighted by atomic mass is 16.2. The van der Waals surface area contributed by atoms with Crippen molar-refractivity contribution in [1.82, 2.24) is 5.32 Å². The maximum absolute atomic E-state index is 12.6. The molecular formula is C24H24N4O3. The number of urea groups is 1. The van der Waals surface area contributed by atoms with Gasteiger partial charge < -0.3 is 21.3 Å². The fraction of sp³-hybridized carbons (Fsp3) is 0.125. The van der Waals surface area contributed by atoms with Gasteiger partial charge in [-0.25, -0.2) is 4.79 Å². The summed E-state index contributed by atoms with van der Waals surface area (Å²) >= 11 is 0. The summed E-state index contributed by atoms with van der Waals surface area (Å²) in [6, 6.07) is 24.5. The Kier molecular flexibility index (Phi) is 7.37. The Labute approximate surface area is 180 Å². The lowest BCUT2D eigenvalue weighted by Crippen LogP contribution is -2.29. The third kappa shape index (κ3) is 7.01. The number of para-hydroxylation sites is 1. The summed E-state index contributed by atoms with van der Waals surface area (Å²) < 4.78 is 0. The molecule has 4 amide bonds. The van der Waals surface area contributed by atoms with E-state index in [9.17, 15) is 14.4 Å². The Balaban J connectivity index is 1.60. The molecular weight excluding hydrogens is 392 g/mol. The van der Waals surface area contributed by atoms with E-state index in [1.54, 1.807) is 36.4 Å². The van der Waals surface area contributed by atoms with Gasteiger partial charge in [-0.3, -0.25) is 9.59 Å². The molecule has 1 atom stereocenters. The van der Waals surface area contributed by atoms with Crippen molar-refractivity contribution in [1.29, 1.82) is 0 Å². The third-order valence-electron chi connectivity index (χ3n) is 4.40. The van der Waals surface area contributed by atoms with Crippen molar-refractivity contribution >= 4 is 34.9 Å². The van der Waals surface area contributed by atoms with Gasteiger partial charge in [-0.2, -0.15) is 0 Å². The van der Waals surface area contributed by atoms with Crippen molar-refractivity contribution in [3.05, 3.63) is 90.5 Å². The Morgan fingerprint density at radius 3 is 1.90 bits per heavy atom. The zero-order chi connectivity index (χ0) is 22.1. The number of hydrogen-bond acceptors (Lipinski definition) is 3. The van der Waals surface area contributed by atoms with E-state index in [0.29, 0.717) is 17.1 Å². The Bertz CT molecular complexity index is 1040. The van der Waals surface area contributed by atoms with E-state index < -0.39 is 6.04 Å². The molecule has 0 saturated carbocycles. The first-order valence-corrected chi connectivity index (χ1v) is 9.84. The van der Waals surface area contributed by atoms with Crippen LogP contribution in [0.5, 0.6) is 0 Å². The molecule has 0 aliphatic rings. The van der Waals surface area contributed by atoms with Crippen LogP contribution in [0.2, 0.25) is 0 Å². The summed E-state index contributed by atoms with van der Waals surface area (Å²) in [5.41, 5.74) is 2.60. The predicted octanol–water partition coefficient (Wildman–Crippen LogP) is 4.54. The summed E-state index contributed by atoms with van der Waals surface area (Å²) in [5.74, 6) is -0.467. The largest absolute Gasteiger partial charge is 0.349 e. The maximum Gasteiger partial charge on any atom is 0.323 e. The second kappa shape index (κ2) is 10.6. The molecule has 1 unspecified atom stereocenters. The fourth-order valence-corrected chi connectivity index (χ4v) is 3.07. The number of hydrogen-bond donors (Lipinski definition) is 4. The van der Waals surface area contributed by atoms with Crippen molar-refractivity contribution in [2.45, 2.75) is 19.4 Å². The molecule has 0 bridgehead atoms. The van der Waals surface area contributed by atoms with Gasteiger partial charge in [-0.05, 0) is 35.9 Å². The highest BCUT2D eigenvalue weighted by molar-refractivity contribution is 6.00. The standard InChI is InChI=1S/C24H24N4O3/c1-17(29)25-22(18-9-4-2-5-10-18)16-23(30)26-20-13-8-14-21(15-20)28-24(31)27-19-11-6-3-7-12-19/h2-15,22H,16H2,1H3,(H,25,29)(H,26,30)(H2,27,28,31). The van der Waals surface area contributed by atoms with Crippen molar-refractivity contribution in [2.24, 2.45) is 0 Å². The van der Waals surface area contributed by atoms with Crippen molar-refractivity contribution < 1.29 is 14.4 Å². The van der Waals surface area contributed by atoms with Crippen LogP contribution in [0.4, 0.5) is 21.9 Å². The number of carbonyl (C=O) groups is 3. The molecule has 7 nitrogen and oxygen atoms in total. The number of nitrogens with one attached hydrogen (secondary N) is 4. The molecule has 158 valence electrons. The van der Waals surface area contributed by atoms with Crippen LogP contribution in [0.1, 0.15) is 24.9 Å². The van der Waals surface area contributed by atoms with Gasteiger partial charge in [-0.15, -0.1) is 0 Å². The summed E-state index contributed by atoms with van der Waals surface area (Å²) in [6.07, 6.45) is 0.0791. The number of rotatable bonds is 7. The molecule has 0 saturated heterocycles. The minimum atomic E-state index is -0.434. The molecule has 31 heavy (non-hydrogen) atoms. The first-order chi connectivity index (χ1) is 15.0. The van der Waals surface area contributed by atoms with Crippen LogP contribution in [-0.2, 0) is 9.59 Å². The van der Waals surface area contributed by atoms with E-state index in [1.807, 2.05) is 48.5 Å². The molecule has 4 N–H and O–H groups in total. The molecule has 0 radical (unpaired) electrons. The molecule has 0 aliphatic heterocycles. The van der Waals surface area contributed by atoms with Crippen molar-refractivity contribution in [3.8, 4) is 0 Å². The second-order valence-electron chi connectivity index (χ2n) is 6.94. The normalized spacial score (nSPS) is 11.1. The van der Waals surface area contributed by atoms with Gasteiger partial charge in [0.05, 0.1) is 12.5 Å². The van der Waals surface area contributed by atoms with Crippen LogP contribution in [0.15, 0.2) is 84.9 Å². The van der Waals surface area contributed by atoms with E-state index in [0.717, 1.165) is 5.56 Å². The van der Waals surface area contributed by atoms with Gasteiger partial charge in [0.25, 0.3) is 0 Å². The van der Waals surface area contributed by atoms with Gasteiger partial charge in [0, 0.05) is 24.0 Å². The molecule has 0 aromatic heterocycles. The molecule has 3 aromatic rings. The van der Waals surface area contributed by atoms with E-state index in [1.165, 1.54) is 6.92 Å². The monoisotopic (exact) mass is 416 g/mol. The van der Waals surface area contributed by atoms with Gasteiger partial charge >= 0.3 is 6.03 Å². The zero-order valence-electron chi connectivity index (χ0n) is 17.1. The molecule has 0 heterocycles. The maximum atomic E-state index is 12.6. The molecule has 0 aliphatic carbocycles. The van der Waals surface area contributed by atoms with Gasteiger partial charge in [0.15, 0.2) is 0 Å². The summed E-state index contributed by atoms with van der Waals surface area (Å²) in [5, 5.41) is 11.1. The lowest BCUT2D eigenvalue weighted by Gasteiger charge is -2.18. The van der Waals surface area contributed by atoms with Crippen LogP contribution < -0.4 is 21.3 Å². The fourth-order valence-electron chi connectivity index (χ4n) is 3.07. The van der Waals surface area contributed by atoms with Gasteiger partial charge in [0.1, 0.15) is 0 Å². The minimum Gasteiger partial charge on any atom is -0.349 e. The molecule has 0 fully saturated rings. The van der Waals surface area contributed by atoms with Crippen LogP contribution in [0, 0.1) is 0 Å². The predicted molar refractivity (Wildman–Crippen MR) is 122 cm³/mol. The number of carbonyl (C=O) groups excluding carboxylic acids is 3. The second-order valence-corrected chi connectivity index (χ2v) is 6.94. The van der Waals surface area contributed by atoms with Crippen molar-refractivity contribution in [3.63, 3.8) is 0 Å². The van der Waals surface area contributed by atoms with Crippen LogP contribution >= 0.6 is 0 Å². The summed E-state index contributed by atoms with van der Waals surface area (Å²) in [4.78, 5) is 36.3. The summed E-state index contributed by atoms with van der Waals surface area (Å²) in [6.45, 7) is 1.42. The van der Waals surface area contributed by atoms with Crippen LogP contribution in [0.3, 0.4) is 0 Å². The summed E-state index contributed by atoms with van der Waals surface area (Å²) in [7, 11) is 0.